The fraction of sp³-hybridized carbons (Fsp3) is 0.541. The van der Waals surface area contributed by atoms with E-state index < -0.39 is 230 Å². The minimum absolute atomic E-state index is 0.0182. The summed E-state index contributed by atoms with van der Waals surface area (Å²) in [5.41, 5.74) is 23.9. The second-order valence-corrected chi connectivity index (χ2v) is 28.9. The maximum Gasteiger partial charge on any atom is 0.326 e. The van der Waals surface area contributed by atoms with Crippen molar-refractivity contribution in [3.8, 4) is 0 Å². The summed E-state index contributed by atoms with van der Waals surface area (Å²) in [7, 11) is 0. The third-order valence-electron chi connectivity index (χ3n) is 18.6. The number of carboxylic acid groups (broad SMARTS) is 2. The third kappa shape index (κ3) is 33.2. The molecule has 31 N–H and O–H groups in total. The second-order valence-electron chi connectivity index (χ2n) is 28.9. The number of nitrogens with two attached hydrogens (primary N) is 4. The predicted molar refractivity (Wildman–Crippen MR) is 422 cm³/mol. The smallest absolute Gasteiger partial charge is 0.326 e. The number of fused-ring (bicyclic) bond motifs is 1. The number of guanidine groups is 2. The number of carbonyl (C=O) groups is 15. The number of imidazole rings is 1. The average molecular weight is 1640 g/mol. The highest BCUT2D eigenvalue weighted by Gasteiger charge is 2.40. The first-order valence-electron chi connectivity index (χ1n) is 38.0. The number of H-pyrrole nitrogens is 2. The summed E-state index contributed by atoms with van der Waals surface area (Å²) < 4.78 is 0. The molecule has 43 nitrogen and oxygen atoms in total. The van der Waals surface area contributed by atoms with Gasteiger partial charge in [-0.1, -0.05) is 96.5 Å². The van der Waals surface area contributed by atoms with Crippen LogP contribution in [0.25, 0.3) is 10.9 Å². The number of benzene rings is 2. The highest BCUT2D eigenvalue weighted by Crippen LogP contribution is 2.21. The number of hydrogen-bond acceptors (Lipinski definition) is 22. The molecule has 0 saturated carbocycles. The third-order valence-corrected chi connectivity index (χ3v) is 18.6. The van der Waals surface area contributed by atoms with Crippen molar-refractivity contribution >= 4 is 112 Å². The number of primary amides is 1. The van der Waals surface area contributed by atoms with Crippen molar-refractivity contribution in [3.63, 3.8) is 0 Å². The molecule has 4 aromatic rings. The fourth-order valence-corrected chi connectivity index (χ4v) is 11.9. The van der Waals surface area contributed by atoms with Gasteiger partial charge in [0.05, 0.1) is 32.1 Å². The first-order chi connectivity index (χ1) is 55.3. The fourth-order valence-electron chi connectivity index (χ4n) is 11.9. The quantitative estimate of drug-likeness (QED) is 0.0111. The van der Waals surface area contributed by atoms with Crippen LogP contribution in [0.4, 0.5) is 0 Å². The lowest BCUT2D eigenvalue weighted by atomic mass is 9.97. The van der Waals surface area contributed by atoms with Crippen LogP contribution in [0, 0.1) is 28.6 Å². The second kappa shape index (κ2) is 48.7. The van der Waals surface area contributed by atoms with Crippen LogP contribution in [0.5, 0.6) is 0 Å². The Morgan fingerprint density at radius 1 is 0.487 bits per heavy atom. The number of nitrogens with zero attached hydrogens (tertiary/aromatic N) is 1. The van der Waals surface area contributed by atoms with E-state index in [0.717, 1.165) is 6.92 Å². The Morgan fingerprint density at radius 3 is 1.47 bits per heavy atom. The van der Waals surface area contributed by atoms with Crippen LogP contribution in [0.3, 0.4) is 0 Å². The van der Waals surface area contributed by atoms with Gasteiger partial charge < -0.3 is 133 Å². The number of carboxylic acids is 2. The number of aliphatic hydroxyl groups excluding tert-OH is 3. The summed E-state index contributed by atoms with van der Waals surface area (Å²) in [5.74, 6) is -19.7. The zero-order valence-corrected chi connectivity index (χ0v) is 66.2. The van der Waals surface area contributed by atoms with E-state index in [1.165, 1.54) is 33.3 Å². The monoisotopic (exact) mass is 1640 g/mol. The van der Waals surface area contributed by atoms with Crippen molar-refractivity contribution in [2.75, 3.05) is 26.3 Å². The Bertz CT molecular complexity index is 4050. The Kier molecular flexibility index (Phi) is 40.4. The van der Waals surface area contributed by atoms with E-state index >= 15 is 0 Å². The van der Waals surface area contributed by atoms with Gasteiger partial charge in [-0.05, 0) is 80.4 Å². The highest BCUT2D eigenvalue weighted by molar-refractivity contribution is 6.01. The van der Waals surface area contributed by atoms with Gasteiger partial charge in [0, 0.05) is 67.8 Å². The van der Waals surface area contributed by atoms with Crippen molar-refractivity contribution in [2.24, 2.45) is 40.7 Å². The molecule has 644 valence electrons. The van der Waals surface area contributed by atoms with Gasteiger partial charge in [0.1, 0.15) is 78.5 Å². The van der Waals surface area contributed by atoms with Gasteiger partial charge >= 0.3 is 11.9 Å². The molecular weight excluding hydrogens is 1530 g/mol. The van der Waals surface area contributed by atoms with E-state index in [-0.39, 0.29) is 82.5 Å². The number of nitrogens with one attached hydrogen (secondary N) is 18. The van der Waals surface area contributed by atoms with Crippen LogP contribution >= 0.6 is 0 Å². The molecule has 0 fully saturated rings. The van der Waals surface area contributed by atoms with Crippen molar-refractivity contribution in [2.45, 2.75) is 210 Å². The topological polar surface area (TPSA) is 722 Å². The minimum Gasteiger partial charge on any atom is -0.481 e. The van der Waals surface area contributed by atoms with Crippen molar-refractivity contribution in [1.82, 2.24) is 89.4 Å². The molecular formula is C74H113N23O20. The van der Waals surface area contributed by atoms with Crippen molar-refractivity contribution < 1.29 is 97.5 Å². The molecule has 117 heavy (non-hydrogen) atoms. The van der Waals surface area contributed by atoms with Gasteiger partial charge in [0.15, 0.2) is 11.9 Å². The number of aliphatic hydroxyl groups is 3. The maximum atomic E-state index is 14.7. The lowest BCUT2D eigenvalue weighted by Crippen LogP contribution is -2.63. The summed E-state index contributed by atoms with van der Waals surface area (Å²) in [4.78, 5) is 217. The number of aromatic nitrogens is 3. The highest BCUT2D eigenvalue weighted by atomic mass is 16.4. The Morgan fingerprint density at radius 2 is 0.940 bits per heavy atom. The zero-order chi connectivity index (χ0) is 87.3. The summed E-state index contributed by atoms with van der Waals surface area (Å²) >= 11 is 0. The molecule has 2 heterocycles. The lowest BCUT2D eigenvalue weighted by molar-refractivity contribution is -0.142. The number of amides is 13. The number of aliphatic carboxylic acids is 2. The Hall–Kier alpha value is -12.4. The molecule has 0 radical (unpaired) electrons. The standard InChI is InChI=1S/C74H113N23O20/c1-8-38(6)58(70(114)92-51(29-42-32-81-35-85-42)65(109)91-52(30-56(102)103)66(110)89-49(26-36(2)3)64(108)87-46(20-14-24-82-73(77)78)61(105)93-53(72(116)117)27-40-16-10-9-11-17-40)96-68(112)54(34-99)94-62(106)47(21-15-25-83-74(79)80)88-69(113)57(37(4)5)95-71(115)59(39(7)100)97-67(111)50(28-41-31-84-45-19-13-12-18-43(41)45)90-63(107)48(22-23-55(76)101)86-60(104)44(75)33-98/h9-13,16-19,31-32,35-39,44,46-54,57-59,84,98-100H,8,14-15,20-30,33-34,75H2,1-7H3,(H2,76,101)(H,81,85)(H,86,104)(H,87,108)(H,88,113)(H,89,110)(H,90,107)(H,91,109)(H,92,114)(H,93,105)(H,94,106)(H,95,115)(H,96,112)(H,97,111)(H,102,103)(H,116,117)(H4,77,78,82)(H4,79,80,83)/t38-,39+,44-,46-,47-,48-,49-,50-,51-,52-,53-,54-,57-,58-,59-/m0/s1. The van der Waals surface area contributed by atoms with E-state index in [9.17, 15) is 97.5 Å². The number of hydrogen-bond donors (Lipinski definition) is 27. The summed E-state index contributed by atoms with van der Waals surface area (Å²) in [6.07, 6.45) is -0.768. The van der Waals surface area contributed by atoms with E-state index in [0.29, 0.717) is 22.0 Å². The van der Waals surface area contributed by atoms with Crippen LogP contribution in [-0.4, -0.2) is 252 Å². The van der Waals surface area contributed by atoms with E-state index in [4.69, 9.17) is 33.8 Å². The van der Waals surface area contributed by atoms with Crippen LogP contribution in [0.2, 0.25) is 0 Å². The predicted octanol–water partition coefficient (Wildman–Crippen LogP) is -6.47. The zero-order valence-electron chi connectivity index (χ0n) is 66.2. The molecule has 43 heteroatoms. The molecule has 4 rings (SSSR count). The van der Waals surface area contributed by atoms with Crippen LogP contribution < -0.4 is 97.4 Å². The van der Waals surface area contributed by atoms with Gasteiger partial charge in [0.25, 0.3) is 0 Å². The van der Waals surface area contributed by atoms with Crippen molar-refractivity contribution in [3.05, 3.63) is 90.1 Å². The van der Waals surface area contributed by atoms with E-state index in [1.54, 1.807) is 81.6 Å². The van der Waals surface area contributed by atoms with Crippen molar-refractivity contribution in [1.29, 1.82) is 10.8 Å². The molecule has 13 amide bonds. The van der Waals surface area contributed by atoms with Gasteiger partial charge in [-0.3, -0.25) is 77.9 Å². The first-order valence-corrected chi connectivity index (χ1v) is 38.0. The normalized spacial score (nSPS) is 15.1. The molecule has 0 saturated heterocycles. The van der Waals surface area contributed by atoms with Crippen LogP contribution in [0.15, 0.2) is 73.3 Å². The number of rotatable bonds is 52. The van der Waals surface area contributed by atoms with Crippen LogP contribution in [-0.2, 0) is 91.2 Å². The lowest BCUT2D eigenvalue weighted by Gasteiger charge is -2.30. The molecule has 0 bridgehead atoms. The molecule has 15 atom stereocenters. The maximum absolute atomic E-state index is 14.7. The number of aromatic amines is 2. The summed E-state index contributed by atoms with van der Waals surface area (Å²) in [6.45, 7) is 8.66. The average Bonchev–Trinajstić information content (AvgIpc) is 1.74. The molecule has 0 aliphatic rings. The van der Waals surface area contributed by atoms with E-state index in [2.05, 4.69) is 89.4 Å². The largest absolute Gasteiger partial charge is 0.481 e. The molecule has 0 aliphatic heterocycles. The van der Waals surface area contributed by atoms with Gasteiger partial charge in [-0.15, -0.1) is 0 Å². The Balaban J connectivity index is 1.59. The minimum atomic E-state index is -1.99. The first kappa shape index (κ1) is 97.0. The van der Waals surface area contributed by atoms with Gasteiger partial charge in [0.2, 0.25) is 76.8 Å². The van der Waals surface area contributed by atoms with Gasteiger partial charge in [-0.25, -0.2) is 9.78 Å². The molecule has 0 unspecified atom stereocenters. The molecule has 2 aromatic heterocycles. The number of para-hydroxylation sites is 1. The van der Waals surface area contributed by atoms with E-state index in [1.807, 2.05) is 0 Å². The number of carbonyl (C=O) groups excluding carboxylic acids is 13. The summed E-state index contributed by atoms with van der Waals surface area (Å²) in [6, 6.07) is -6.21. The summed E-state index contributed by atoms with van der Waals surface area (Å²) in [5, 5.41) is 102. The van der Waals surface area contributed by atoms with Crippen LogP contribution in [0.1, 0.15) is 123 Å². The molecule has 2 aromatic carbocycles. The van der Waals surface area contributed by atoms with Gasteiger partial charge in [-0.2, -0.15) is 0 Å². The SMILES string of the molecule is CC[C@H](C)[C@H](NC(=O)[C@H](CO)NC(=O)[C@H](CCCNC(=N)N)NC(=O)[C@@H](NC(=O)[C@@H](NC(=O)[C@H](Cc1c[nH]c2ccccc12)NC(=O)[C@H](CCC(N)=O)NC(=O)[C@@H](N)CO)[C@@H](C)O)C(C)C)C(=O)N[C@@H](Cc1cnc[nH]1)C(=O)N[C@@H](CC(=O)O)C(=O)N[C@@H](CC(C)C)C(=O)N[C@@H](CCCNC(=N)N)C(=O)N[C@@H](Cc1ccccc1)C(=O)O. The molecule has 0 spiro atoms. The molecule has 0 aliphatic carbocycles. The Labute approximate surface area is 673 Å².